The summed E-state index contributed by atoms with van der Waals surface area (Å²) in [5.74, 6) is 1.09. The first-order valence-electron chi connectivity index (χ1n) is 8.44. The molecule has 4 nitrogen and oxygen atoms in total. The highest BCUT2D eigenvalue weighted by Gasteiger charge is 2.19. The molecule has 3 rings (SSSR count). The Kier molecular flexibility index (Phi) is 5.51. The molecule has 0 amide bonds. The number of aromatic nitrogens is 2. The molecule has 1 atom stereocenters. The van der Waals surface area contributed by atoms with E-state index in [0.29, 0.717) is 16.8 Å². The Balaban J connectivity index is 1.70. The minimum Gasteiger partial charge on any atom is -0.419 e. The van der Waals surface area contributed by atoms with Crippen molar-refractivity contribution in [2.45, 2.75) is 32.9 Å². The van der Waals surface area contributed by atoms with E-state index in [1.54, 1.807) is 0 Å². The largest absolute Gasteiger partial charge is 0.419 e. The number of aryl methyl sites for hydroxylation is 1. The van der Waals surface area contributed by atoms with Crippen LogP contribution in [0.5, 0.6) is 0 Å². The highest BCUT2D eigenvalue weighted by atomic mass is 35.5. The number of hydrogen-bond acceptors (Lipinski definition) is 4. The summed E-state index contributed by atoms with van der Waals surface area (Å²) in [7, 11) is 2.06. The summed E-state index contributed by atoms with van der Waals surface area (Å²) in [5, 5.41) is 9.02. The van der Waals surface area contributed by atoms with Crippen LogP contribution in [0.4, 0.5) is 0 Å². The highest BCUT2D eigenvalue weighted by molar-refractivity contribution is 6.30. The zero-order valence-corrected chi connectivity index (χ0v) is 15.5. The van der Waals surface area contributed by atoms with E-state index in [1.165, 1.54) is 11.1 Å². The third kappa shape index (κ3) is 4.27. The fourth-order valence-corrected chi connectivity index (χ4v) is 2.83. The number of halogens is 1. The molecule has 0 spiro atoms. The third-order valence-electron chi connectivity index (χ3n) is 4.39. The number of hydrogen-bond donors (Lipinski definition) is 0. The molecule has 1 heterocycles. The average Bonchev–Trinajstić information content (AvgIpc) is 3.12. The molecule has 0 aliphatic heterocycles. The number of benzene rings is 2. The van der Waals surface area contributed by atoms with Gasteiger partial charge in [-0.1, -0.05) is 48.9 Å². The molecule has 3 aromatic rings. The van der Waals surface area contributed by atoms with E-state index in [2.05, 4.69) is 60.3 Å². The maximum absolute atomic E-state index is 6.03. The summed E-state index contributed by atoms with van der Waals surface area (Å²) in [6.07, 6.45) is 1.06. The molecule has 0 N–H and O–H groups in total. The molecule has 2 aromatic carbocycles. The Bertz CT molecular complexity index is 829. The van der Waals surface area contributed by atoms with Gasteiger partial charge in [-0.2, -0.15) is 0 Å². The van der Waals surface area contributed by atoms with Crippen LogP contribution >= 0.6 is 11.6 Å². The molecule has 5 heteroatoms. The van der Waals surface area contributed by atoms with Crippen molar-refractivity contribution in [2.75, 3.05) is 7.05 Å². The van der Waals surface area contributed by atoms with Crippen LogP contribution in [0.15, 0.2) is 52.9 Å². The first kappa shape index (κ1) is 17.6. The van der Waals surface area contributed by atoms with E-state index >= 15 is 0 Å². The lowest BCUT2D eigenvalue weighted by Gasteiger charge is -2.21. The molecule has 0 fully saturated rings. The molecule has 0 saturated carbocycles. The first-order valence-corrected chi connectivity index (χ1v) is 8.82. The van der Waals surface area contributed by atoms with Crippen LogP contribution in [0.3, 0.4) is 0 Å². The topological polar surface area (TPSA) is 42.2 Å². The molecule has 0 bridgehead atoms. The lowest BCUT2D eigenvalue weighted by Crippen LogP contribution is -2.22. The fourth-order valence-electron chi connectivity index (χ4n) is 2.64. The second-order valence-electron chi connectivity index (χ2n) is 6.22. The maximum Gasteiger partial charge on any atom is 0.247 e. The predicted octanol–water partition coefficient (Wildman–Crippen LogP) is 5.15. The van der Waals surface area contributed by atoms with E-state index in [-0.39, 0.29) is 6.04 Å². The van der Waals surface area contributed by atoms with Crippen molar-refractivity contribution in [2.24, 2.45) is 0 Å². The van der Waals surface area contributed by atoms with Crippen molar-refractivity contribution >= 4 is 11.6 Å². The smallest absolute Gasteiger partial charge is 0.247 e. The number of nitrogens with zero attached hydrogens (tertiary/aromatic N) is 3. The molecule has 0 aliphatic rings. The minimum atomic E-state index is 0.0197. The van der Waals surface area contributed by atoms with Crippen LogP contribution in [0, 0.1) is 0 Å². The normalized spacial score (nSPS) is 12.5. The number of rotatable bonds is 6. The van der Waals surface area contributed by atoms with Gasteiger partial charge in [-0.15, -0.1) is 10.2 Å². The summed E-state index contributed by atoms with van der Waals surface area (Å²) in [5.41, 5.74) is 3.44. The summed E-state index contributed by atoms with van der Waals surface area (Å²) in [6, 6.07) is 16.1. The van der Waals surface area contributed by atoms with Crippen LogP contribution in [-0.4, -0.2) is 22.1 Å². The molecular formula is C20H22ClN3O. The second kappa shape index (κ2) is 7.81. The summed E-state index contributed by atoms with van der Waals surface area (Å²) in [4.78, 5) is 2.19. The molecule has 0 radical (unpaired) electrons. The van der Waals surface area contributed by atoms with Gasteiger partial charge in [-0.25, -0.2) is 0 Å². The fraction of sp³-hybridized carbons (Fsp3) is 0.300. The zero-order chi connectivity index (χ0) is 17.8. The van der Waals surface area contributed by atoms with Crippen molar-refractivity contribution in [1.29, 1.82) is 0 Å². The van der Waals surface area contributed by atoms with Gasteiger partial charge in [0.05, 0.1) is 6.04 Å². The standard InChI is InChI=1S/C20H22ClN3O/c1-4-15-8-10-16(11-9-15)13-24(3)14(2)19-22-23-20(25-19)17-6-5-7-18(21)12-17/h5-12,14H,4,13H2,1-3H3. The van der Waals surface area contributed by atoms with Gasteiger partial charge in [-0.3, -0.25) is 4.90 Å². The van der Waals surface area contributed by atoms with Crippen molar-refractivity contribution in [3.63, 3.8) is 0 Å². The Hall–Kier alpha value is -2.17. The molecule has 25 heavy (non-hydrogen) atoms. The van der Waals surface area contributed by atoms with E-state index in [1.807, 2.05) is 24.3 Å². The van der Waals surface area contributed by atoms with Crippen molar-refractivity contribution < 1.29 is 4.42 Å². The van der Waals surface area contributed by atoms with Crippen LogP contribution in [-0.2, 0) is 13.0 Å². The van der Waals surface area contributed by atoms with Gasteiger partial charge in [0, 0.05) is 17.1 Å². The maximum atomic E-state index is 6.03. The molecule has 130 valence electrons. The lowest BCUT2D eigenvalue weighted by atomic mass is 10.1. The van der Waals surface area contributed by atoms with Crippen molar-refractivity contribution in [3.8, 4) is 11.5 Å². The monoisotopic (exact) mass is 355 g/mol. The molecule has 1 aromatic heterocycles. The molecule has 1 unspecified atom stereocenters. The van der Waals surface area contributed by atoms with Crippen LogP contribution < -0.4 is 0 Å². The van der Waals surface area contributed by atoms with Crippen LogP contribution in [0.2, 0.25) is 5.02 Å². The Morgan fingerprint density at radius 1 is 1.08 bits per heavy atom. The van der Waals surface area contributed by atoms with E-state index < -0.39 is 0 Å². The quantitative estimate of drug-likeness (QED) is 0.613. The van der Waals surface area contributed by atoms with Gasteiger partial charge in [0.25, 0.3) is 0 Å². The van der Waals surface area contributed by atoms with Gasteiger partial charge < -0.3 is 4.42 Å². The van der Waals surface area contributed by atoms with E-state index in [9.17, 15) is 0 Å². The predicted molar refractivity (Wildman–Crippen MR) is 100 cm³/mol. The summed E-state index contributed by atoms with van der Waals surface area (Å²) < 4.78 is 5.86. The SMILES string of the molecule is CCc1ccc(CN(C)C(C)c2nnc(-c3cccc(Cl)c3)o2)cc1. The average molecular weight is 356 g/mol. The van der Waals surface area contributed by atoms with Gasteiger partial charge in [0.15, 0.2) is 0 Å². The van der Waals surface area contributed by atoms with E-state index in [0.717, 1.165) is 18.5 Å². The molecule has 0 saturated heterocycles. The van der Waals surface area contributed by atoms with Crippen LogP contribution in [0.25, 0.3) is 11.5 Å². The molecule has 0 aliphatic carbocycles. The first-order chi connectivity index (χ1) is 12.1. The van der Waals surface area contributed by atoms with E-state index in [4.69, 9.17) is 16.0 Å². The Morgan fingerprint density at radius 3 is 2.48 bits per heavy atom. The Labute approximate surface area is 153 Å². The van der Waals surface area contributed by atoms with Gasteiger partial charge in [0.2, 0.25) is 11.8 Å². The Morgan fingerprint density at radius 2 is 1.80 bits per heavy atom. The summed E-state index contributed by atoms with van der Waals surface area (Å²) >= 11 is 6.03. The lowest BCUT2D eigenvalue weighted by molar-refractivity contribution is 0.218. The summed E-state index contributed by atoms with van der Waals surface area (Å²) in [6.45, 7) is 5.05. The minimum absolute atomic E-state index is 0.0197. The van der Waals surface area contributed by atoms with Crippen molar-refractivity contribution in [1.82, 2.24) is 15.1 Å². The van der Waals surface area contributed by atoms with Crippen molar-refractivity contribution in [3.05, 3.63) is 70.6 Å². The third-order valence-corrected chi connectivity index (χ3v) is 4.63. The highest BCUT2D eigenvalue weighted by Crippen LogP contribution is 2.25. The zero-order valence-electron chi connectivity index (χ0n) is 14.7. The van der Waals surface area contributed by atoms with Gasteiger partial charge in [0.1, 0.15) is 0 Å². The van der Waals surface area contributed by atoms with Gasteiger partial charge in [-0.05, 0) is 49.7 Å². The van der Waals surface area contributed by atoms with Gasteiger partial charge >= 0.3 is 0 Å². The molecular weight excluding hydrogens is 334 g/mol. The second-order valence-corrected chi connectivity index (χ2v) is 6.65. The van der Waals surface area contributed by atoms with Crippen LogP contribution in [0.1, 0.15) is 36.9 Å².